The van der Waals surface area contributed by atoms with Crippen LogP contribution < -0.4 is 56.4 Å². The highest BCUT2D eigenvalue weighted by molar-refractivity contribution is 5.28. The molecule has 20 atom stereocenters. The number of aryl methyl sites for hydroxylation is 1. The topological polar surface area (TPSA) is 549 Å². The molecular formula is C59H59F11N12O25. The molecule has 5 saturated heterocycles. The first-order valence-corrected chi connectivity index (χ1v) is 30.0. The van der Waals surface area contributed by atoms with Crippen LogP contribution in [0.5, 0.6) is 0 Å². The van der Waals surface area contributed by atoms with Crippen LogP contribution in [0.15, 0.2) is 85.0 Å². The van der Waals surface area contributed by atoms with Crippen molar-refractivity contribution in [2.75, 3.05) is 66.4 Å². The van der Waals surface area contributed by atoms with E-state index in [1.807, 2.05) is 62.3 Å². The number of nitrogens with zero attached hydrogens (tertiary/aromatic N) is 7. The van der Waals surface area contributed by atoms with Gasteiger partial charge in [-0.05, 0) is 6.92 Å². The number of hydrogen-bond acceptors (Lipinski definition) is 27. The molecule has 0 spiro atoms. The largest absolute Gasteiger partial charge is 0.394 e. The van der Waals surface area contributed by atoms with Crippen LogP contribution in [0.1, 0.15) is 36.8 Å². The van der Waals surface area contributed by atoms with Crippen LogP contribution in [-0.4, -0.2) is 265 Å². The third-order valence-electron chi connectivity index (χ3n) is 15.5. The number of H-pyrrole nitrogens is 5. The van der Waals surface area contributed by atoms with Gasteiger partial charge in [-0.15, -0.1) is 0 Å². The number of aliphatic hydroxyl groups excluding tert-OH is 10. The van der Waals surface area contributed by atoms with E-state index in [9.17, 15) is 117 Å². The summed E-state index contributed by atoms with van der Waals surface area (Å²) in [6.07, 6.45) is -22.8. The fourth-order valence-electron chi connectivity index (χ4n) is 10.5. The first kappa shape index (κ1) is 85.6. The molecule has 48 heteroatoms. The van der Waals surface area contributed by atoms with Gasteiger partial charge in [0.25, 0.3) is 22.2 Å². The summed E-state index contributed by atoms with van der Waals surface area (Å²) < 4.78 is 177. The molecule has 582 valence electrons. The molecule has 5 aliphatic heterocycles. The lowest BCUT2D eigenvalue weighted by atomic mass is 9.96. The molecule has 0 amide bonds. The standard InChI is InChI=1S/C13H14F2N2O5.C12H11F3N2O5.C12H12F2N2O5.2C11H11F2N3O5/c1-7-5-9(19)16-12(21)17(7)11-13(15,3-2-4-14)10(20)8(6-18)22-11;13-3-1-2-12(15)8(19)7(5-18)22-10(12)17-4-6(14)9(20)16-11(17)21;13-4-1-3-12(14)9(19)7(6-17)21-10(12)16-5-2-8(18)15-11(16)20;12-3-1-2-11(13)8(19)6(5-17)21-9(11)16-10(20)15-7(18)4-14-16;12-3-1-2-11(13)7(18)6(4-17)21-8(11)16-5-14-9(19)15-10(16)20/h5,8,10-11,18,20H,4,6H2,1H3,(H,16,19,21);4,7-8,10,18-19H,3,5H2,(H,16,20,21);2,5,7,9-10,17,19H,4,6H2,(H,15,18,20);4,6,8-9,17,19H,3,5H2,(H,15,18,20);5-8,17-18H,3-4H2,(H,15,19,20)/t8-,10+,11-,13?;7-,8+,10-,12?;7-,9+,10-,12?;6-,8+,9-,11?;6-,7+,8-,11?/m11111/s1. The Bertz CT molecular complexity index is 4680. The van der Waals surface area contributed by atoms with Gasteiger partial charge in [0.1, 0.15) is 107 Å². The van der Waals surface area contributed by atoms with Gasteiger partial charge in [0.15, 0.2) is 24.9 Å². The Labute approximate surface area is 585 Å². The Balaban J connectivity index is 0.000000209. The van der Waals surface area contributed by atoms with Gasteiger partial charge in [-0.1, -0.05) is 59.2 Å². The van der Waals surface area contributed by atoms with Crippen molar-refractivity contribution in [2.24, 2.45) is 0 Å². The molecule has 37 nitrogen and oxygen atoms in total. The van der Waals surface area contributed by atoms with Crippen LogP contribution in [-0.2, 0) is 23.7 Å². The van der Waals surface area contributed by atoms with E-state index >= 15 is 4.39 Å². The summed E-state index contributed by atoms with van der Waals surface area (Å²) >= 11 is 0. The predicted molar refractivity (Wildman–Crippen MR) is 330 cm³/mol. The van der Waals surface area contributed by atoms with E-state index in [2.05, 4.69) is 10.1 Å². The van der Waals surface area contributed by atoms with E-state index in [-0.39, 0.29) is 5.69 Å². The number of rotatable bonds is 10. The van der Waals surface area contributed by atoms with Crippen LogP contribution in [0.2, 0.25) is 0 Å². The van der Waals surface area contributed by atoms with Gasteiger partial charge in [0.2, 0.25) is 40.4 Å². The molecule has 0 saturated carbocycles. The van der Waals surface area contributed by atoms with Gasteiger partial charge < -0.3 is 74.7 Å². The molecule has 0 radical (unpaired) electrons. The van der Waals surface area contributed by atoms with E-state index in [4.69, 9.17) is 49.2 Å². The SMILES string of the molecule is Cc1cc(=O)[nH]c(=O)n1[C@@H]1O[C@H](CO)[C@H](O)C1(F)C#CCF.O=c1[nH]c(=O)n([C@@H]2O[C@H](CO)[C@H](O)C2(F)C#CCF)cc1F.O=c1ccn([C@@H]2O[C@H](CO)[C@H](O)C2(F)C#CCF)c(=O)[nH]1.O=c1cnn([C@@H]2O[C@H](CO)[C@H](O)C2(F)C#CCF)c(=O)[nH]1.O=c1ncn([C@@H]2O[C@H](CO)[C@H](O)C2(F)C#CCF)c(=O)[nH]1. The van der Waals surface area contributed by atoms with Gasteiger partial charge >= 0.3 is 34.1 Å². The lowest BCUT2D eigenvalue weighted by Crippen LogP contribution is -2.46. The average Bonchev–Trinajstić information content (AvgIpc) is 1.65. The predicted octanol–water partition coefficient (Wildman–Crippen LogP) is -8.42. The fraction of sp³-hybridized carbons (Fsp3) is 0.525. The molecule has 5 aliphatic rings. The molecule has 15 N–H and O–H groups in total. The summed E-state index contributed by atoms with van der Waals surface area (Å²) in [6, 6.07) is 1.98. The minimum atomic E-state index is -2.98. The van der Waals surface area contributed by atoms with Crippen molar-refractivity contribution in [1.29, 1.82) is 0 Å². The average molecular weight is 1550 g/mol. The Kier molecular flexibility index (Phi) is 29.1. The number of ether oxygens (including phenoxy) is 5. The van der Waals surface area contributed by atoms with Crippen molar-refractivity contribution in [3.05, 3.63) is 153 Å². The number of hydrogen-bond donors (Lipinski definition) is 15. The summed E-state index contributed by atoms with van der Waals surface area (Å²) in [5.41, 5.74) is -24.0. The Morgan fingerprint density at radius 3 is 1.18 bits per heavy atom. The van der Waals surface area contributed by atoms with E-state index < -0.39 is 249 Å². The minimum Gasteiger partial charge on any atom is -0.394 e. The highest BCUT2D eigenvalue weighted by atomic mass is 19.2. The molecule has 0 bridgehead atoms. The first-order chi connectivity index (χ1) is 50.5. The highest BCUT2D eigenvalue weighted by Crippen LogP contribution is 2.45. The van der Waals surface area contributed by atoms with Crippen molar-refractivity contribution in [3.63, 3.8) is 0 Å². The van der Waals surface area contributed by atoms with Gasteiger partial charge in [-0.25, -0.2) is 72.7 Å². The van der Waals surface area contributed by atoms with Gasteiger partial charge in [0.05, 0.1) is 39.2 Å². The molecule has 5 fully saturated rings. The van der Waals surface area contributed by atoms with Crippen molar-refractivity contribution < 1.29 is 123 Å². The van der Waals surface area contributed by atoms with Gasteiger partial charge in [0, 0.05) is 24.0 Å². The molecule has 0 aliphatic carbocycles. The zero-order valence-electron chi connectivity index (χ0n) is 54.1. The number of alkyl halides is 10. The third kappa shape index (κ3) is 18.1. The summed E-state index contributed by atoms with van der Waals surface area (Å²) in [5.74, 6) is 16.9. The molecule has 10 heterocycles. The quantitative estimate of drug-likeness (QED) is 0.0456. The van der Waals surface area contributed by atoms with Crippen molar-refractivity contribution in [2.45, 2.75) is 127 Å². The molecule has 107 heavy (non-hydrogen) atoms. The second-order valence-electron chi connectivity index (χ2n) is 22.2. The zero-order valence-corrected chi connectivity index (χ0v) is 54.1. The minimum absolute atomic E-state index is 0.0635. The Morgan fingerprint density at radius 1 is 0.449 bits per heavy atom. The number of aliphatic hydroxyl groups is 10. The molecule has 5 unspecified atom stereocenters. The Hall–Kier alpha value is -10.3. The number of nitrogens with one attached hydrogen (secondary N) is 5. The van der Waals surface area contributed by atoms with E-state index in [0.717, 1.165) is 22.9 Å². The number of aromatic nitrogens is 12. The molecule has 5 aromatic rings. The summed E-state index contributed by atoms with van der Waals surface area (Å²) in [7, 11) is 0. The molecular weight excluding hydrogens is 1490 g/mol. The van der Waals surface area contributed by atoms with Crippen LogP contribution >= 0.6 is 0 Å². The van der Waals surface area contributed by atoms with Crippen molar-refractivity contribution in [3.8, 4) is 59.2 Å². The summed E-state index contributed by atoms with van der Waals surface area (Å²) in [5, 5.41) is 97.9. The summed E-state index contributed by atoms with van der Waals surface area (Å²) in [6.45, 7) is -8.30. The van der Waals surface area contributed by atoms with Crippen LogP contribution in [0, 0.1) is 71.9 Å². The monoisotopic (exact) mass is 1540 g/mol. The first-order valence-electron chi connectivity index (χ1n) is 30.0. The lowest BCUT2D eigenvalue weighted by molar-refractivity contribution is -0.0611. The van der Waals surface area contributed by atoms with E-state index in [1.54, 1.807) is 21.8 Å². The van der Waals surface area contributed by atoms with Gasteiger partial charge in [-0.3, -0.25) is 62.4 Å². The molecule has 10 rings (SSSR count). The number of aromatic amines is 5. The second-order valence-corrected chi connectivity index (χ2v) is 22.2. The Morgan fingerprint density at radius 2 is 0.794 bits per heavy atom. The van der Waals surface area contributed by atoms with Crippen LogP contribution in [0.4, 0.5) is 48.3 Å². The maximum absolute atomic E-state index is 15.1. The van der Waals surface area contributed by atoms with E-state index in [0.29, 0.717) is 37.1 Å². The summed E-state index contributed by atoms with van der Waals surface area (Å²) in [4.78, 5) is 126. The number of halogens is 11. The second kappa shape index (κ2) is 36.3. The fourth-order valence-corrected chi connectivity index (χ4v) is 10.5. The molecule has 5 aromatic heterocycles. The van der Waals surface area contributed by atoms with Crippen molar-refractivity contribution in [1.82, 2.24) is 58.0 Å². The van der Waals surface area contributed by atoms with Gasteiger partial charge in [-0.2, -0.15) is 19.2 Å². The van der Waals surface area contributed by atoms with Crippen LogP contribution in [0.3, 0.4) is 0 Å². The zero-order chi connectivity index (χ0) is 79.8. The molecule has 0 aromatic carbocycles. The maximum atomic E-state index is 15.1. The lowest BCUT2D eigenvalue weighted by Gasteiger charge is -2.25. The van der Waals surface area contributed by atoms with Crippen molar-refractivity contribution >= 4 is 0 Å². The van der Waals surface area contributed by atoms with E-state index in [1.165, 1.54) is 6.92 Å². The normalized spacial score (nSPS) is 31.4. The smallest absolute Gasteiger partial charge is 0.350 e. The highest BCUT2D eigenvalue weighted by Gasteiger charge is 2.62. The third-order valence-corrected chi connectivity index (χ3v) is 15.5. The van der Waals surface area contributed by atoms with Crippen LogP contribution in [0.25, 0.3) is 0 Å². The maximum Gasteiger partial charge on any atom is 0.350 e.